The Labute approximate surface area is 106 Å². The van der Waals surface area contributed by atoms with Crippen LogP contribution in [0, 0.1) is 0 Å². The molecule has 1 aliphatic rings. The molecule has 0 unspecified atom stereocenters. The van der Waals surface area contributed by atoms with Crippen molar-refractivity contribution in [1.82, 2.24) is 14.9 Å². The van der Waals surface area contributed by atoms with Crippen molar-refractivity contribution in [3.63, 3.8) is 0 Å². The van der Waals surface area contributed by atoms with Crippen LogP contribution in [0.25, 0.3) is 11.0 Å². The van der Waals surface area contributed by atoms with E-state index in [1.807, 2.05) is 18.2 Å². The second-order valence-corrected chi connectivity index (χ2v) is 4.89. The Morgan fingerprint density at radius 2 is 2.11 bits per heavy atom. The SMILES string of the molecule is O=C(CN1CCCCC1)c1ccc2nc[nH]c2c1. The maximum Gasteiger partial charge on any atom is 0.176 e. The molecule has 2 aromatic rings. The summed E-state index contributed by atoms with van der Waals surface area (Å²) in [5.74, 6) is 0.202. The Bertz CT molecular complexity index is 555. The van der Waals surface area contributed by atoms with Crippen LogP contribution in [-0.4, -0.2) is 40.3 Å². The highest BCUT2D eigenvalue weighted by molar-refractivity contribution is 6.00. The zero-order valence-corrected chi connectivity index (χ0v) is 10.4. The lowest BCUT2D eigenvalue weighted by Crippen LogP contribution is -2.34. The van der Waals surface area contributed by atoms with Gasteiger partial charge < -0.3 is 4.98 Å². The topological polar surface area (TPSA) is 49.0 Å². The molecule has 1 N–H and O–H groups in total. The average molecular weight is 243 g/mol. The first-order chi connectivity index (χ1) is 8.83. The van der Waals surface area contributed by atoms with E-state index in [-0.39, 0.29) is 5.78 Å². The van der Waals surface area contributed by atoms with Gasteiger partial charge in [-0.2, -0.15) is 0 Å². The maximum atomic E-state index is 12.2. The summed E-state index contributed by atoms with van der Waals surface area (Å²) in [5.41, 5.74) is 2.61. The van der Waals surface area contributed by atoms with Crippen molar-refractivity contribution in [2.24, 2.45) is 0 Å². The van der Waals surface area contributed by atoms with Crippen LogP contribution >= 0.6 is 0 Å². The molecule has 0 spiro atoms. The molecule has 1 aliphatic heterocycles. The Hall–Kier alpha value is -1.68. The van der Waals surface area contributed by atoms with E-state index < -0.39 is 0 Å². The monoisotopic (exact) mass is 243 g/mol. The van der Waals surface area contributed by atoms with Crippen molar-refractivity contribution >= 4 is 16.8 Å². The Kier molecular flexibility index (Phi) is 3.11. The van der Waals surface area contributed by atoms with Crippen LogP contribution in [0.1, 0.15) is 29.6 Å². The molecule has 1 fully saturated rings. The third kappa shape index (κ3) is 2.29. The maximum absolute atomic E-state index is 12.2. The lowest BCUT2D eigenvalue weighted by Gasteiger charge is -2.25. The zero-order valence-electron chi connectivity index (χ0n) is 10.4. The highest BCUT2D eigenvalue weighted by Gasteiger charge is 2.15. The number of benzene rings is 1. The number of rotatable bonds is 3. The van der Waals surface area contributed by atoms with Crippen LogP contribution in [0.3, 0.4) is 0 Å². The lowest BCUT2D eigenvalue weighted by atomic mass is 10.1. The van der Waals surface area contributed by atoms with E-state index in [4.69, 9.17) is 0 Å². The number of imidazole rings is 1. The number of aromatic nitrogens is 2. The highest BCUT2D eigenvalue weighted by atomic mass is 16.1. The molecule has 94 valence electrons. The number of Topliss-reactive ketones (excluding diaryl/α,β-unsaturated/α-hetero) is 1. The molecule has 1 aromatic heterocycles. The molecule has 4 heteroatoms. The molecule has 3 rings (SSSR count). The number of aromatic amines is 1. The molecule has 2 heterocycles. The minimum absolute atomic E-state index is 0.202. The van der Waals surface area contributed by atoms with Gasteiger partial charge in [0.1, 0.15) is 0 Å². The number of carbonyl (C=O) groups is 1. The van der Waals surface area contributed by atoms with Gasteiger partial charge in [-0.3, -0.25) is 9.69 Å². The van der Waals surface area contributed by atoms with E-state index in [9.17, 15) is 4.79 Å². The molecule has 0 aliphatic carbocycles. The van der Waals surface area contributed by atoms with Crippen molar-refractivity contribution in [3.05, 3.63) is 30.1 Å². The first-order valence-electron chi connectivity index (χ1n) is 6.51. The van der Waals surface area contributed by atoms with E-state index in [1.54, 1.807) is 6.33 Å². The highest BCUT2D eigenvalue weighted by Crippen LogP contribution is 2.14. The number of hydrogen-bond acceptors (Lipinski definition) is 3. The fraction of sp³-hybridized carbons (Fsp3) is 0.429. The normalized spacial score (nSPS) is 17.1. The number of piperidine rings is 1. The number of hydrogen-bond donors (Lipinski definition) is 1. The number of H-pyrrole nitrogens is 1. The fourth-order valence-corrected chi connectivity index (χ4v) is 2.52. The standard InChI is InChI=1S/C14H17N3O/c18-14(9-17-6-2-1-3-7-17)11-4-5-12-13(8-11)16-10-15-12/h4-5,8,10H,1-3,6-7,9H2,(H,15,16). The minimum Gasteiger partial charge on any atom is -0.345 e. The molecule has 4 nitrogen and oxygen atoms in total. The molecule has 0 amide bonds. The predicted octanol–water partition coefficient (Wildman–Crippen LogP) is 2.23. The summed E-state index contributed by atoms with van der Waals surface area (Å²) in [5, 5.41) is 0. The number of nitrogens with one attached hydrogen (secondary N) is 1. The number of carbonyl (C=O) groups excluding carboxylic acids is 1. The molecular formula is C14H17N3O. The summed E-state index contributed by atoms with van der Waals surface area (Å²) in [6.45, 7) is 2.65. The van der Waals surface area contributed by atoms with E-state index in [2.05, 4.69) is 14.9 Å². The van der Waals surface area contributed by atoms with Gasteiger partial charge in [-0.05, 0) is 44.1 Å². The van der Waals surface area contributed by atoms with Gasteiger partial charge in [-0.25, -0.2) is 4.98 Å². The number of nitrogens with zero attached hydrogens (tertiary/aromatic N) is 2. The first-order valence-corrected chi connectivity index (χ1v) is 6.51. The summed E-state index contributed by atoms with van der Waals surface area (Å²) < 4.78 is 0. The Morgan fingerprint density at radius 3 is 2.94 bits per heavy atom. The lowest BCUT2D eigenvalue weighted by molar-refractivity contribution is 0.0916. The van der Waals surface area contributed by atoms with Gasteiger partial charge >= 0.3 is 0 Å². The molecule has 0 saturated carbocycles. The predicted molar refractivity (Wildman–Crippen MR) is 70.7 cm³/mol. The number of fused-ring (bicyclic) bond motifs is 1. The third-order valence-corrected chi connectivity index (χ3v) is 3.56. The third-order valence-electron chi connectivity index (χ3n) is 3.56. The van der Waals surface area contributed by atoms with Crippen LogP contribution in [-0.2, 0) is 0 Å². The number of ketones is 1. The van der Waals surface area contributed by atoms with E-state index in [0.29, 0.717) is 6.54 Å². The molecule has 0 bridgehead atoms. The van der Waals surface area contributed by atoms with Gasteiger partial charge in [-0.1, -0.05) is 6.42 Å². The van der Waals surface area contributed by atoms with E-state index in [0.717, 1.165) is 29.7 Å². The molecular weight excluding hydrogens is 226 g/mol. The van der Waals surface area contributed by atoms with Gasteiger partial charge in [0, 0.05) is 5.56 Å². The van der Waals surface area contributed by atoms with Gasteiger partial charge in [0.15, 0.2) is 5.78 Å². The van der Waals surface area contributed by atoms with Crippen molar-refractivity contribution in [2.75, 3.05) is 19.6 Å². The Balaban J connectivity index is 1.74. The van der Waals surface area contributed by atoms with Crippen LogP contribution < -0.4 is 0 Å². The molecule has 1 saturated heterocycles. The van der Waals surface area contributed by atoms with Gasteiger partial charge in [0.2, 0.25) is 0 Å². The van der Waals surface area contributed by atoms with Gasteiger partial charge in [0.05, 0.1) is 23.9 Å². The quantitative estimate of drug-likeness (QED) is 0.841. The largest absolute Gasteiger partial charge is 0.345 e. The molecule has 0 atom stereocenters. The summed E-state index contributed by atoms with van der Waals surface area (Å²) in [4.78, 5) is 21.7. The first kappa shape index (κ1) is 11.4. The summed E-state index contributed by atoms with van der Waals surface area (Å²) in [7, 11) is 0. The zero-order chi connectivity index (χ0) is 12.4. The van der Waals surface area contributed by atoms with Crippen molar-refractivity contribution in [3.8, 4) is 0 Å². The van der Waals surface area contributed by atoms with Crippen molar-refractivity contribution in [1.29, 1.82) is 0 Å². The van der Waals surface area contributed by atoms with Crippen LogP contribution in [0.5, 0.6) is 0 Å². The van der Waals surface area contributed by atoms with Crippen molar-refractivity contribution < 1.29 is 4.79 Å². The smallest absolute Gasteiger partial charge is 0.176 e. The van der Waals surface area contributed by atoms with Crippen LogP contribution in [0.15, 0.2) is 24.5 Å². The number of likely N-dealkylation sites (tertiary alicyclic amines) is 1. The average Bonchev–Trinajstić information content (AvgIpc) is 2.87. The van der Waals surface area contributed by atoms with Crippen LogP contribution in [0.2, 0.25) is 0 Å². The summed E-state index contributed by atoms with van der Waals surface area (Å²) >= 11 is 0. The Morgan fingerprint density at radius 1 is 1.28 bits per heavy atom. The van der Waals surface area contributed by atoms with Gasteiger partial charge in [0.25, 0.3) is 0 Å². The molecule has 18 heavy (non-hydrogen) atoms. The van der Waals surface area contributed by atoms with Crippen molar-refractivity contribution in [2.45, 2.75) is 19.3 Å². The molecule has 0 radical (unpaired) electrons. The minimum atomic E-state index is 0.202. The van der Waals surface area contributed by atoms with E-state index >= 15 is 0 Å². The van der Waals surface area contributed by atoms with Gasteiger partial charge in [-0.15, -0.1) is 0 Å². The van der Waals surface area contributed by atoms with Crippen LogP contribution in [0.4, 0.5) is 0 Å². The van der Waals surface area contributed by atoms with E-state index in [1.165, 1.54) is 19.3 Å². The summed E-state index contributed by atoms with van der Waals surface area (Å²) in [6.07, 6.45) is 5.38. The second kappa shape index (κ2) is 4.90. The fourth-order valence-electron chi connectivity index (χ4n) is 2.52. The molecule has 1 aromatic carbocycles. The second-order valence-electron chi connectivity index (χ2n) is 4.89. The summed E-state index contributed by atoms with van der Waals surface area (Å²) in [6, 6.07) is 5.67.